The summed E-state index contributed by atoms with van der Waals surface area (Å²) in [5.74, 6) is 0.173. The van der Waals surface area contributed by atoms with Gasteiger partial charge in [-0.3, -0.25) is 14.6 Å². The highest BCUT2D eigenvalue weighted by atomic mass is 16.2. The number of piperazine rings is 2. The van der Waals surface area contributed by atoms with Crippen LogP contribution in [0.5, 0.6) is 0 Å². The molecule has 1 amide bonds. The Balaban J connectivity index is 1.73. The Bertz CT molecular complexity index is 240. The third kappa shape index (κ3) is 2.93. The van der Waals surface area contributed by atoms with E-state index in [1.807, 2.05) is 6.92 Å². The van der Waals surface area contributed by atoms with E-state index in [0.717, 1.165) is 52.4 Å². The lowest BCUT2D eigenvalue weighted by Crippen LogP contribution is -2.56. The molecular formula is C11H22N4O. The largest absolute Gasteiger partial charge is 0.353 e. The smallest absolute Gasteiger partial charge is 0.237 e. The van der Waals surface area contributed by atoms with Crippen molar-refractivity contribution in [3.63, 3.8) is 0 Å². The third-order valence-electron chi connectivity index (χ3n) is 3.54. The summed E-state index contributed by atoms with van der Waals surface area (Å²) >= 11 is 0. The average Bonchev–Trinajstić information content (AvgIpc) is 2.32. The van der Waals surface area contributed by atoms with Gasteiger partial charge in [0.25, 0.3) is 0 Å². The van der Waals surface area contributed by atoms with Crippen LogP contribution in [0, 0.1) is 0 Å². The highest BCUT2D eigenvalue weighted by Crippen LogP contribution is 2.04. The number of hydrogen-bond acceptors (Lipinski definition) is 4. The number of nitrogens with one attached hydrogen (secondary N) is 2. The summed E-state index contributed by atoms with van der Waals surface area (Å²) in [6.07, 6.45) is 0. The van der Waals surface area contributed by atoms with Gasteiger partial charge in [0, 0.05) is 52.4 Å². The molecule has 0 aromatic heterocycles. The van der Waals surface area contributed by atoms with Crippen molar-refractivity contribution < 1.29 is 4.79 Å². The summed E-state index contributed by atoms with van der Waals surface area (Å²) in [6, 6.07) is 0.0386. The van der Waals surface area contributed by atoms with E-state index in [9.17, 15) is 4.79 Å². The molecule has 2 N–H and O–H groups in total. The van der Waals surface area contributed by atoms with Gasteiger partial charge >= 0.3 is 0 Å². The molecule has 92 valence electrons. The van der Waals surface area contributed by atoms with E-state index in [2.05, 4.69) is 20.4 Å². The van der Waals surface area contributed by atoms with E-state index >= 15 is 0 Å². The molecule has 0 bridgehead atoms. The molecule has 0 saturated carbocycles. The average molecular weight is 226 g/mol. The Hall–Kier alpha value is -0.650. The molecule has 2 heterocycles. The number of nitrogens with zero attached hydrogens (tertiary/aromatic N) is 2. The van der Waals surface area contributed by atoms with Crippen molar-refractivity contribution in [2.45, 2.75) is 13.0 Å². The number of rotatable bonds is 3. The molecule has 0 aromatic rings. The maximum Gasteiger partial charge on any atom is 0.237 e. The lowest BCUT2D eigenvalue weighted by Gasteiger charge is -2.35. The molecule has 1 unspecified atom stereocenters. The van der Waals surface area contributed by atoms with Crippen molar-refractivity contribution in [1.29, 1.82) is 0 Å². The summed E-state index contributed by atoms with van der Waals surface area (Å²) < 4.78 is 0. The van der Waals surface area contributed by atoms with Crippen LogP contribution in [0.2, 0.25) is 0 Å². The van der Waals surface area contributed by atoms with Crippen molar-refractivity contribution in [3.05, 3.63) is 0 Å². The van der Waals surface area contributed by atoms with Gasteiger partial charge in [-0.1, -0.05) is 0 Å². The first-order valence-electron chi connectivity index (χ1n) is 6.22. The minimum atomic E-state index is 0.0386. The minimum Gasteiger partial charge on any atom is -0.353 e. The van der Waals surface area contributed by atoms with Gasteiger partial charge in [0.05, 0.1) is 6.04 Å². The molecule has 1 atom stereocenters. The van der Waals surface area contributed by atoms with E-state index < -0.39 is 0 Å². The van der Waals surface area contributed by atoms with Crippen molar-refractivity contribution in [3.8, 4) is 0 Å². The fourth-order valence-corrected chi connectivity index (χ4v) is 2.34. The first-order valence-corrected chi connectivity index (χ1v) is 6.22. The zero-order chi connectivity index (χ0) is 11.4. The van der Waals surface area contributed by atoms with Gasteiger partial charge in [0.15, 0.2) is 0 Å². The summed E-state index contributed by atoms with van der Waals surface area (Å²) in [4.78, 5) is 16.2. The van der Waals surface area contributed by atoms with Crippen LogP contribution < -0.4 is 10.6 Å². The first kappa shape index (κ1) is 11.8. The fraction of sp³-hybridized carbons (Fsp3) is 0.909. The Labute approximate surface area is 97.2 Å². The quantitative estimate of drug-likeness (QED) is 0.629. The molecule has 5 heteroatoms. The number of amides is 1. The number of carbonyl (C=O) groups is 1. The van der Waals surface area contributed by atoms with Crippen LogP contribution in [0.3, 0.4) is 0 Å². The zero-order valence-corrected chi connectivity index (χ0v) is 10.0. The predicted molar refractivity (Wildman–Crippen MR) is 63.4 cm³/mol. The normalized spacial score (nSPS) is 29.1. The van der Waals surface area contributed by atoms with Crippen molar-refractivity contribution >= 4 is 5.91 Å². The predicted octanol–water partition coefficient (Wildman–Crippen LogP) is -1.29. The Morgan fingerprint density at radius 2 is 1.94 bits per heavy atom. The van der Waals surface area contributed by atoms with E-state index in [1.54, 1.807) is 0 Å². The fourth-order valence-electron chi connectivity index (χ4n) is 2.34. The molecule has 2 fully saturated rings. The summed E-state index contributed by atoms with van der Waals surface area (Å²) in [7, 11) is 0. The molecule has 5 nitrogen and oxygen atoms in total. The second kappa shape index (κ2) is 5.61. The van der Waals surface area contributed by atoms with E-state index in [-0.39, 0.29) is 11.9 Å². The van der Waals surface area contributed by atoms with E-state index in [4.69, 9.17) is 0 Å². The maximum absolute atomic E-state index is 11.5. The monoisotopic (exact) mass is 226 g/mol. The van der Waals surface area contributed by atoms with Gasteiger partial charge in [-0.2, -0.15) is 0 Å². The topological polar surface area (TPSA) is 47.6 Å². The molecular weight excluding hydrogens is 204 g/mol. The lowest BCUT2D eigenvalue weighted by atomic mass is 10.2. The SMILES string of the molecule is CC1C(=O)NCCN1CCN1CCNCC1. The molecule has 2 rings (SSSR count). The zero-order valence-electron chi connectivity index (χ0n) is 10.0. The highest BCUT2D eigenvalue weighted by Gasteiger charge is 2.25. The van der Waals surface area contributed by atoms with E-state index in [1.165, 1.54) is 0 Å². The maximum atomic E-state index is 11.5. The van der Waals surface area contributed by atoms with Crippen LogP contribution in [-0.2, 0) is 4.79 Å². The molecule has 16 heavy (non-hydrogen) atoms. The lowest BCUT2D eigenvalue weighted by molar-refractivity contribution is -0.128. The van der Waals surface area contributed by atoms with Crippen LogP contribution in [0.1, 0.15) is 6.92 Å². The number of carbonyl (C=O) groups excluding carboxylic acids is 1. The molecule has 2 saturated heterocycles. The number of hydrogen-bond donors (Lipinski definition) is 2. The molecule has 0 aromatic carbocycles. The van der Waals surface area contributed by atoms with Gasteiger partial charge in [0.1, 0.15) is 0 Å². The highest BCUT2D eigenvalue weighted by molar-refractivity contribution is 5.81. The van der Waals surface area contributed by atoms with Crippen LogP contribution in [0.15, 0.2) is 0 Å². The van der Waals surface area contributed by atoms with Gasteiger partial charge in [-0.15, -0.1) is 0 Å². The van der Waals surface area contributed by atoms with Crippen molar-refractivity contribution in [2.75, 3.05) is 52.4 Å². The van der Waals surface area contributed by atoms with Crippen LogP contribution in [0.25, 0.3) is 0 Å². The van der Waals surface area contributed by atoms with Crippen LogP contribution in [-0.4, -0.2) is 74.1 Å². The van der Waals surface area contributed by atoms with Crippen LogP contribution in [0.4, 0.5) is 0 Å². The third-order valence-corrected chi connectivity index (χ3v) is 3.54. The summed E-state index contributed by atoms with van der Waals surface area (Å²) in [6.45, 7) is 10.3. The Morgan fingerprint density at radius 1 is 1.19 bits per heavy atom. The Kier molecular flexibility index (Phi) is 4.15. The van der Waals surface area contributed by atoms with Gasteiger partial charge in [-0.25, -0.2) is 0 Å². The minimum absolute atomic E-state index is 0.0386. The molecule has 2 aliphatic rings. The van der Waals surface area contributed by atoms with Gasteiger partial charge in [-0.05, 0) is 6.92 Å². The summed E-state index contributed by atoms with van der Waals surface area (Å²) in [5.41, 5.74) is 0. The van der Waals surface area contributed by atoms with Gasteiger partial charge in [0.2, 0.25) is 5.91 Å². The Morgan fingerprint density at radius 3 is 2.69 bits per heavy atom. The molecule has 0 radical (unpaired) electrons. The second-order valence-corrected chi connectivity index (χ2v) is 4.59. The molecule has 0 aliphatic carbocycles. The second-order valence-electron chi connectivity index (χ2n) is 4.59. The van der Waals surface area contributed by atoms with E-state index in [0.29, 0.717) is 0 Å². The molecule has 2 aliphatic heterocycles. The van der Waals surface area contributed by atoms with Gasteiger partial charge < -0.3 is 10.6 Å². The molecule has 0 spiro atoms. The van der Waals surface area contributed by atoms with Crippen LogP contribution >= 0.6 is 0 Å². The van der Waals surface area contributed by atoms with Crippen molar-refractivity contribution in [1.82, 2.24) is 20.4 Å². The van der Waals surface area contributed by atoms with Crippen molar-refractivity contribution in [2.24, 2.45) is 0 Å². The first-order chi connectivity index (χ1) is 7.77. The standard InChI is InChI=1S/C11H22N4O/c1-10-11(16)13-4-7-15(10)9-8-14-5-2-12-3-6-14/h10,12H,2-9H2,1H3,(H,13,16). The summed E-state index contributed by atoms with van der Waals surface area (Å²) in [5, 5.41) is 6.24.